The molecule has 0 radical (unpaired) electrons. The van der Waals surface area contributed by atoms with Gasteiger partial charge >= 0.3 is 0 Å². The SMILES string of the molecule is Cc1cc(=O)[nH]c(SC2CNCC2O)n1. The molecular formula is C9H13N3O2S. The molecule has 0 aromatic carbocycles. The van der Waals surface area contributed by atoms with Crippen molar-refractivity contribution in [2.24, 2.45) is 0 Å². The van der Waals surface area contributed by atoms with Gasteiger partial charge < -0.3 is 15.4 Å². The van der Waals surface area contributed by atoms with Crippen LogP contribution in [0.4, 0.5) is 0 Å². The lowest BCUT2D eigenvalue weighted by Gasteiger charge is -2.11. The van der Waals surface area contributed by atoms with E-state index in [4.69, 9.17) is 0 Å². The molecule has 2 atom stereocenters. The molecule has 0 spiro atoms. The summed E-state index contributed by atoms with van der Waals surface area (Å²) in [6, 6.07) is 1.45. The molecule has 6 heteroatoms. The third-order valence-electron chi connectivity index (χ3n) is 2.24. The van der Waals surface area contributed by atoms with Crippen LogP contribution in [-0.2, 0) is 0 Å². The third-order valence-corrected chi connectivity index (χ3v) is 3.44. The Morgan fingerprint density at radius 2 is 2.40 bits per heavy atom. The number of nitrogens with zero attached hydrogens (tertiary/aromatic N) is 1. The van der Waals surface area contributed by atoms with Gasteiger partial charge in [0.1, 0.15) is 0 Å². The Balaban J connectivity index is 2.13. The molecule has 1 aromatic heterocycles. The zero-order valence-corrected chi connectivity index (χ0v) is 9.17. The summed E-state index contributed by atoms with van der Waals surface area (Å²) in [4.78, 5) is 18.0. The lowest BCUT2D eigenvalue weighted by molar-refractivity contribution is 0.201. The van der Waals surface area contributed by atoms with E-state index in [0.717, 1.165) is 6.54 Å². The fourth-order valence-electron chi connectivity index (χ4n) is 1.51. The number of rotatable bonds is 2. The largest absolute Gasteiger partial charge is 0.391 e. The monoisotopic (exact) mass is 227 g/mol. The minimum absolute atomic E-state index is 0.0648. The standard InChI is InChI=1S/C9H13N3O2S/c1-5-2-8(14)12-9(11-5)15-7-4-10-3-6(7)13/h2,6-7,10,13H,3-4H2,1H3,(H,11,12,14). The van der Waals surface area contributed by atoms with Crippen molar-refractivity contribution in [1.29, 1.82) is 0 Å². The van der Waals surface area contributed by atoms with Crippen LogP contribution in [0.1, 0.15) is 5.69 Å². The Morgan fingerprint density at radius 3 is 3.00 bits per heavy atom. The highest BCUT2D eigenvalue weighted by atomic mass is 32.2. The summed E-state index contributed by atoms with van der Waals surface area (Å²) in [7, 11) is 0. The average Bonchev–Trinajstić information content (AvgIpc) is 2.50. The van der Waals surface area contributed by atoms with Crippen molar-refractivity contribution in [3.8, 4) is 0 Å². The minimum atomic E-state index is -0.374. The van der Waals surface area contributed by atoms with E-state index in [-0.39, 0.29) is 16.9 Å². The van der Waals surface area contributed by atoms with Crippen LogP contribution >= 0.6 is 11.8 Å². The second-order valence-corrected chi connectivity index (χ2v) is 4.80. The number of thioether (sulfide) groups is 1. The molecule has 0 bridgehead atoms. The van der Waals surface area contributed by atoms with Crippen LogP contribution in [0.5, 0.6) is 0 Å². The zero-order chi connectivity index (χ0) is 10.8. The fourth-order valence-corrected chi connectivity index (χ4v) is 2.61. The summed E-state index contributed by atoms with van der Waals surface area (Å²) >= 11 is 1.41. The van der Waals surface area contributed by atoms with Gasteiger partial charge in [0.15, 0.2) is 5.16 Å². The molecule has 1 fully saturated rings. The van der Waals surface area contributed by atoms with Crippen molar-refractivity contribution >= 4 is 11.8 Å². The number of aliphatic hydroxyl groups is 1. The van der Waals surface area contributed by atoms with E-state index >= 15 is 0 Å². The van der Waals surface area contributed by atoms with Crippen LogP contribution in [-0.4, -0.2) is 39.5 Å². The number of aromatic amines is 1. The maximum atomic E-state index is 11.2. The maximum Gasteiger partial charge on any atom is 0.251 e. The van der Waals surface area contributed by atoms with Crippen molar-refractivity contribution in [1.82, 2.24) is 15.3 Å². The molecule has 1 aliphatic heterocycles. The quantitative estimate of drug-likeness (QED) is 0.594. The van der Waals surface area contributed by atoms with E-state index in [9.17, 15) is 9.90 Å². The molecule has 0 saturated carbocycles. The zero-order valence-electron chi connectivity index (χ0n) is 8.36. The topological polar surface area (TPSA) is 78.0 Å². The lowest BCUT2D eigenvalue weighted by Crippen LogP contribution is -2.21. The maximum absolute atomic E-state index is 11.2. The van der Waals surface area contributed by atoms with Gasteiger partial charge in [-0.05, 0) is 6.92 Å². The van der Waals surface area contributed by atoms with Gasteiger partial charge in [-0.3, -0.25) is 4.79 Å². The summed E-state index contributed by atoms with van der Waals surface area (Å²) in [5.74, 6) is 0. The van der Waals surface area contributed by atoms with E-state index in [1.54, 1.807) is 6.92 Å². The number of hydrogen-bond donors (Lipinski definition) is 3. The summed E-state index contributed by atoms with van der Waals surface area (Å²) in [6.07, 6.45) is -0.374. The number of aromatic nitrogens is 2. The van der Waals surface area contributed by atoms with E-state index in [1.165, 1.54) is 17.8 Å². The van der Waals surface area contributed by atoms with E-state index in [1.807, 2.05) is 0 Å². The van der Waals surface area contributed by atoms with Crippen molar-refractivity contribution in [2.75, 3.05) is 13.1 Å². The molecule has 2 rings (SSSR count). The Hall–Kier alpha value is -0.850. The van der Waals surface area contributed by atoms with Gasteiger partial charge in [-0.25, -0.2) is 4.98 Å². The highest BCUT2D eigenvalue weighted by molar-refractivity contribution is 7.99. The smallest absolute Gasteiger partial charge is 0.251 e. The summed E-state index contributed by atoms with van der Waals surface area (Å²) < 4.78 is 0. The van der Waals surface area contributed by atoms with Crippen LogP contribution in [0.25, 0.3) is 0 Å². The first-order valence-corrected chi connectivity index (χ1v) is 5.66. The van der Waals surface area contributed by atoms with E-state index < -0.39 is 0 Å². The van der Waals surface area contributed by atoms with Gasteiger partial charge in [0.25, 0.3) is 5.56 Å². The minimum Gasteiger partial charge on any atom is -0.391 e. The highest BCUT2D eigenvalue weighted by Gasteiger charge is 2.26. The second kappa shape index (κ2) is 4.34. The van der Waals surface area contributed by atoms with Gasteiger partial charge in [-0.15, -0.1) is 0 Å². The van der Waals surface area contributed by atoms with E-state index in [2.05, 4.69) is 15.3 Å². The van der Waals surface area contributed by atoms with Crippen LogP contribution in [0.3, 0.4) is 0 Å². The molecule has 0 aliphatic carbocycles. The van der Waals surface area contributed by atoms with Crippen molar-refractivity contribution < 1.29 is 5.11 Å². The first-order valence-electron chi connectivity index (χ1n) is 4.78. The Morgan fingerprint density at radius 1 is 1.60 bits per heavy atom. The molecule has 0 amide bonds. The highest BCUT2D eigenvalue weighted by Crippen LogP contribution is 2.23. The molecular weight excluding hydrogens is 214 g/mol. The number of H-pyrrole nitrogens is 1. The molecule has 2 heterocycles. The van der Waals surface area contributed by atoms with Crippen molar-refractivity contribution in [3.63, 3.8) is 0 Å². The summed E-state index contributed by atoms with van der Waals surface area (Å²) in [5.41, 5.74) is 0.548. The van der Waals surface area contributed by atoms with Gasteiger partial charge in [0.2, 0.25) is 0 Å². The molecule has 1 aliphatic rings. The number of β-amino-alcohol motifs (C(OH)–C–C–N with tert-alkyl or cyclic N) is 1. The lowest BCUT2D eigenvalue weighted by atomic mass is 10.3. The van der Waals surface area contributed by atoms with Crippen LogP contribution in [0.15, 0.2) is 16.0 Å². The Kier molecular flexibility index (Phi) is 3.08. The molecule has 5 nitrogen and oxygen atoms in total. The first kappa shape index (κ1) is 10.7. The van der Waals surface area contributed by atoms with Crippen LogP contribution < -0.4 is 10.9 Å². The predicted octanol–water partition coefficient (Wildman–Crippen LogP) is -0.497. The molecule has 1 aromatic rings. The van der Waals surface area contributed by atoms with Crippen molar-refractivity contribution in [3.05, 3.63) is 22.1 Å². The normalized spacial score (nSPS) is 25.7. The Bertz CT molecular complexity index is 407. The van der Waals surface area contributed by atoms with Gasteiger partial charge in [-0.2, -0.15) is 0 Å². The molecule has 1 saturated heterocycles. The molecule has 2 unspecified atom stereocenters. The second-order valence-electron chi connectivity index (χ2n) is 3.57. The summed E-state index contributed by atoms with van der Waals surface area (Å²) in [5, 5.41) is 13.3. The molecule has 15 heavy (non-hydrogen) atoms. The number of aliphatic hydroxyl groups excluding tert-OH is 1. The predicted molar refractivity (Wildman–Crippen MR) is 58.1 cm³/mol. The average molecular weight is 227 g/mol. The van der Waals surface area contributed by atoms with Gasteiger partial charge in [0, 0.05) is 24.8 Å². The fraction of sp³-hybridized carbons (Fsp3) is 0.556. The van der Waals surface area contributed by atoms with E-state index in [0.29, 0.717) is 17.4 Å². The van der Waals surface area contributed by atoms with Crippen LogP contribution in [0, 0.1) is 6.92 Å². The Labute approximate surface area is 91.3 Å². The van der Waals surface area contributed by atoms with Crippen LogP contribution in [0.2, 0.25) is 0 Å². The summed E-state index contributed by atoms with van der Waals surface area (Å²) in [6.45, 7) is 3.12. The molecule has 3 N–H and O–H groups in total. The number of hydrogen-bond acceptors (Lipinski definition) is 5. The number of aryl methyl sites for hydroxylation is 1. The van der Waals surface area contributed by atoms with Crippen molar-refractivity contribution in [2.45, 2.75) is 23.4 Å². The first-order chi connectivity index (χ1) is 7.15. The van der Waals surface area contributed by atoms with Gasteiger partial charge in [0.05, 0.1) is 11.4 Å². The third kappa shape index (κ3) is 2.58. The molecule has 82 valence electrons. The van der Waals surface area contributed by atoms with Gasteiger partial charge in [-0.1, -0.05) is 11.8 Å². The number of nitrogens with one attached hydrogen (secondary N) is 2.